The number of nitrogens with zero attached hydrogens (tertiary/aromatic N) is 4. The summed E-state index contributed by atoms with van der Waals surface area (Å²) in [5.41, 5.74) is 7.27. The number of urea groups is 1. The molecule has 0 saturated heterocycles. The van der Waals surface area contributed by atoms with Gasteiger partial charge in [-0.15, -0.1) is 0 Å². The molecule has 0 saturated carbocycles. The fourth-order valence-corrected chi connectivity index (χ4v) is 4.79. The molecule has 2 heterocycles. The number of anilines is 2. The maximum atomic E-state index is 13.6. The zero-order valence-corrected chi connectivity index (χ0v) is 22.4. The molecule has 1 aliphatic heterocycles. The topological polar surface area (TPSA) is 64.9 Å². The summed E-state index contributed by atoms with van der Waals surface area (Å²) in [5.74, 6) is 0.733. The molecule has 38 heavy (non-hydrogen) atoms. The van der Waals surface area contributed by atoms with Crippen molar-refractivity contribution in [1.82, 2.24) is 15.0 Å². The number of amides is 2. The van der Waals surface area contributed by atoms with E-state index in [1.165, 1.54) is 11.1 Å². The zero-order valence-electron chi connectivity index (χ0n) is 22.4. The van der Waals surface area contributed by atoms with Crippen LogP contribution in [-0.2, 0) is 19.5 Å². The van der Waals surface area contributed by atoms with Crippen molar-refractivity contribution >= 4 is 17.6 Å². The number of carbonyl (C=O) groups excluding carboxylic acids is 1. The van der Waals surface area contributed by atoms with E-state index < -0.39 is 0 Å². The summed E-state index contributed by atoms with van der Waals surface area (Å²) < 4.78 is 6.05. The van der Waals surface area contributed by atoms with Crippen LogP contribution in [0.1, 0.15) is 22.3 Å². The lowest BCUT2D eigenvalue weighted by atomic mass is 9.99. The van der Waals surface area contributed by atoms with Gasteiger partial charge in [0.1, 0.15) is 5.69 Å². The third kappa shape index (κ3) is 5.89. The highest BCUT2D eigenvalue weighted by atomic mass is 16.5. The molecular formula is C31H35N5O2. The van der Waals surface area contributed by atoms with Crippen LogP contribution in [0, 0.1) is 6.92 Å². The van der Waals surface area contributed by atoms with Crippen molar-refractivity contribution in [1.29, 1.82) is 0 Å². The SMILES string of the molecule is Cc1ccc(NC(=O)N(CCN(C)C)Cc2c(-c3ccccc3)noc2N2CCc3ccccc3C2)cc1. The molecule has 3 aromatic carbocycles. The fraction of sp³-hybridized carbons (Fsp3) is 0.290. The van der Waals surface area contributed by atoms with Crippen molar-refractivity contribution in [2.75, 3.05) is 43.9 Å². The molecule has 5 rings (SSSR count). The Labute approximate surface area is 224 Å². The van der Waals surface area contributed by atoms with Gasteiger partial charge in [-0.3, -0.25) is 0 Å². The van der Waals surface area contributed by atoms with Crippen LogP contribution in [0.4, 0.5) is 16.4 Å². The van der Waals surface area contributed by atoms with Gasteiger partial charge in [-0.05, 0) is 50.7 Å². The van der Waals surface area contributed by atoms with Gasteiger partial charge in [0, 0.05) is 37.4 Å². The first-order valence-corrected chi connectivity index (χ1v) is 13.1. The van der Waals surface area contributed by atoms with Gasteiger partial charge in [0.15, 0.2) is 0 Å². The van der Waals surface area contributed by atoms with Crippen molar-refractivity contribution in [2.45, 2.75) is 26.4 Å². The summed E-state index contributed by atoms with van der Waals surface area (Å²) >= 11 is 0. The Morgan fingerprint density at radius 3 is 2.39 bits per heavy atom. The largest absolute Gasteiger partial charge is 0.338 e. The number of fused-ring (bicyclic) bond motifs is 1. The molecule has 2 amide bonds. The van der Waals surface area contributed by atoms with Crippen LogP contribution in [0.25, 0.3) is 11.3 Å². The van der Waals surface area contributed by atoms with Crippen LogP contribution in [0.5, 0.6) is 0 Å². The van der Waals surface area contributed by atoms with Crippen LogP contribution < -0.4 is 10.2 Å². The smallest absolute Gasteiger partial charge is 0.322 e. The third-order valence-electron chi connectivity index (χ3n) is 6.99. The number of hydrogen-bond donors (Lipinski definition) is 1. The van der Waals surface area contributed by atoms with E-state index in [-0.39, 0.29) is 6.03 Å². The number of rotatable bonds is 8. The van der Waals surface area contributed by atoms with Gasteiger partial charge in [-0.2, -0.15) is 0 Å². The standard InChI is InChI=1S/C31H35N5O2/c1-23-13-15-27(16-14-23)32-31(37)36(20-19-34(2)3)22-28-29(25-10-5-4-6-11-25)33-38-30(28)35-18-17-24-9-7-8-12-26(24)21-35/h4-16H,17-22H2,1-3H3,(H,32,37). The lowest BCUT2D eigenvalue weighted by Crippen LogP contribution is -2.39. The van der Waals surface area contributed by atoms with E-state index in [1.807, 2.05) is 80.5 Å². The number of likely N-dealkylation sites (N-methyl/N-ethyl adjacent to an activating group) is 1. The molecule has 0 radical (unpaired) electrons. The lowest BCUT2D eigenvalue weighted by molar-refractivity contribution is 0.202. The van der Waals surface area contributed by atoms with Crippen molar-refractivity contribution < 1.29 is 9.32 Å². The molecule has 1 aromatic heterocycles. The Kier molecular flexibility index (Phi) is 7.75. The predicted octanol–water partition coefficient (Wildman–Crippen LogP) is 5.81. The first-order chi connectivity index (χ1) is 18.5. The average Bonchev–Trinajstić information content (AvgIpc) is 3.35. The van der Waals surface area contributed by atoms with Gasteiger partial charge in [0.2, 0.25) is 5.88 Å². The van der Waals surface area contributed by atoms with Gasteiger partial charge >= 0.3 is 6.03 Å². The van der Waals surface area contributed by atoms with Gasteiger partial charge in [0.25, 0.3) is 0 Å². The summed E-state index contributed by atoms with van der Waals surface area (Å²) in [6, 6.07) is 26.3. The molecule has 4 aromatic rings. The van der Waals surface area contributed by atoms with Crippen molar-refractivity contribution in [3.8, 4) is 11.3 Å². The Bertz CT molecular complexity index is 1360. The monoisotopic (exact) mass is 509 g/mol. The van der Waals surface area contributed by atoms with E-state index >= 15 is 0 Å². The van der Waals surface area contributed by atoms with Crippen LogP contribution in [0.2, 0.25) is 0 Å². The van der Waals surface area contributed by atoms with Gasteiger partial charge in [-0.1, -0.05) is 77.5 Å². The Balaban J connectivity index is 1.48. The average molecular weight is 510 g/mol. The van der Waals surface area contributed by atoms with Crippen LogP contribution in [0.3, 0.4) is 0 Å². The molecule has 7 heteroatoms. The van der Waals surface area contributed by atoms with Gasteiger partial charge in [-0.25, -0.2) is 4.79 Å². The van der Waals surface area contributed by atoms with Crippen molar-refractivity contribution in [2.24, 2.45) is 0 Å². The second-order valence-corrected chi connectivity index (χ2v) is 10.1. The Hall–Kier alpha value is -4.10. The highest BCUT2D eigenvalue weighted by molar-refractivity contribution is 5.89. The minimum atomic E-state index is -0.147. The first kappa shape index (κ1) is 25.5. The zero-order chi connectivity index (χ0) is 26.5. The molecule has 1 N–H and O–H groups in total. The van der Waals surface area contributed by atoms with Crippen LogP contribution in [0.15, 0.2) is 83.4 Å². The summed E-state index contributed by atoms with van der Waals surface area (Å²) in [6.45, 7) is 5.30. The van der Waals surface area contributed by atoms with E-state index in [9.17, 15) is 4.79 Å². The van der Waals surface area contributed by atoms with E-state index in [0.29, 0.717) is 13.1 Å². The summed E-state index contributed by atoms with van der Waals surface area (Å²) in [7, 11) is 4.03. The minimum Gasteiger partial charge on any atom is -0.338 e. The molecule has 0 atom stereocenters. The number of hydrogen-bond acceptors (Lipinski definition) is 5. The third-order valence-corrected chi connectivity index (χ3v) is 6.99. The summed E-state index contributed by atoms with van der Waals surface area (Å²) in [6.07, 6.45) is 0.940. The fourth-order valence-electron chi connectivity index (χ4n) is 4.79. The highest BCUT2D eigenvalue weighted by Gasteiger charge is 2.28. The Morgan fingerprint density at radius 2 is 1.66 bits per heavy atom. The quantitative estimate of drug-likeness (QED) is 0.325. The second kappa shape index (κ2) is 11.5. The molecule has 7 nitrogen and oxygen atoms in total. The van der Waals surface area contributed by atoms with Crippen molar-refractivity contribution in [3.05, 3.63) is 101 Å². The normalized spacial score (nSPS) is 12.9. The van der Waals surface area contributed by atoms with E-state index in [0.717, 1.165) is 60.0 Å². The number of aryl methyl sites for hydroxylation is 1. The van der Waals surface area contributed by atoms with Crippen LogP contribution >= 0.6 is 0 Å². The second-order valence-electron chi connectivity index (χ2n) is 10.1. The van der Waals surface area contributed by atoms with Crippen molar-refractivity contribution in [3.63, 3.8) is 0 Å². The van der Waals surface area contributed by atoms with Crippen LogP contribution in [-0.4, -0.2) is 54.7 Å². The highest BCUT2D eigenvalue weighted by Crippen LogP contribution is 2.35. The van der Waals surface area contributed by atoms with Gasteiger partial charge < -0.3 is 24.5 Å². The molecular weight excluding hydrogens is 474 g/mol. The number of benzene rings is 3. The molecule has 1 aliphatic rings. The summed E-state index contributed by atoms with van der Waals surface area (Å²) in [4.78, 5) is 19.7. The molecule has 0 aliphatic carbocycles. The predicted molar refractivity (Wildman–Crippen MR) is 152 cm³/mol. The molecule has 0 spiro atoms. The maximum Gasteiger partial charge on any atom is 0.322 e. The van der Waals surface area contributed by atoms with E-state index in [1.54, 1.807) is 0 Å². The molecule has 0 bridgehead atoms. The first-order valence-electron chi connectivity index (χ1n) is 13.1. The minimum absolute atomic E-state index is 0.147. The molecule has 0 unspecified atom stereocenters. The Morgan fingerprint density at radius 1 is 0.947 bits per heavy atom. The van der Waals surface area contributed by atoms with E-state index in [2.05, 4.69) is 44.5 Å². The molecule has 196 valence electrons. The lowest BCUT2D eigenvalue weighted by Gasteiger charge is -2.30. The number of aromatic nitrogens is 1. The number of nitrogens with one attached hydrogen (secondary N) is 1. The molecule has 0 fully saturated rings. The number of carbonyl (C=O) groups is 1. The maximum absolute atomic E-state index is 13.6. The van der Waals surface area contributed by atoms with Gasteiger partial charge in [0.05, 0.1) is 12.1 Å². The van der Waals surface area contributed by atoms with E-state index in [4.69, 9.17) is 4.52 Å². The summed E-state index contributed by atoms with van der Waals surface area (Å²) in [5, 5.41) is 7.61.